The van der Waals surface area contributed by atoms with E-state index in [1.807, 2.05) is 36.4 Å². The van der Waals surface area contributed by atoms with Gasteiger partial charge in [0.25, 0.3) is 5.91 Å². The fraction of sp³-hybridized carbons (Fsp3) is 0.0909. The molecule has 1 amide bonds. The Morgan fingerprint density at radius 3 is 2.04 bits per heavy atom. The van der Waals surface area contributed by atoms with Crippen LogP contribution in [0.1, 0.15) is 0 Å². The third-order valence-electron chi connectivity index (χ3n) is 3.60. The molecule has 0 unspecified atom stereocenters. The fourth-order valence-corrected chi connectivity index (χ4v) is 2.31. The zero-order valence-corrected chi connectivity index (χ0v) is 15.0. The lowest BCUT2D eigenvalue weighted by Gasteiger charge is -2.12. The van der Waals surface area contributed by atoms with Gasteiger partial charge < -0.3 is 19.5 Å². The molecule has 1 N–H and O–H groups in total. The van der Waals surface area contributed by atoms with Crippen LogP contribution in [0, 0.1) is 0 Å². The van der Waals surface area contributed by atoms with Crippen LogP contribution in [0.25, 0.3) is 0 Å². The highest BCUT2D eigenvalue weighted by molar-refractivity contribution is 5.94. The molecule has 0 aliphatic heterocycles. The van der Waals surface area contributed by atoms with E-state index in [1.165, 1.54) is 0 Å². The second-order valence-electron chi connectivity index (χ2n) is 5.72. The smallest absolute Gasteiger partial charge is 0.344 e. The highest BCUT2D eigenvalue weighted by atomic mass is 16.6. The van der Waals surface area contributed by atoms with Gasteiger partial charge in [0.15, 0.2) is 19.0 Å². The van der Waals surface area contributed by atoms with Crippen molar-refractivity contribution in [2.24, 2.45) is 0 Å². The molecule has 0 aliphatic carbocycles. The van der Waals surface area contributed by atoms with Crippen LogP contribution in [-0.4, -0.2) is 25.1 Å². The number of carbonyl (C=O) groups excluding carboxylic acids is 2. The van der Waals surface area contributed by atoms with Gasteiger partial charge in [-0.1, -0.05) is 48.5 Å². The lowest BCUT2D eigenvalue weighted by atomic mass is 10.3. The summed E-state index contributed by atoms with van der Waals surface area (Å²) in [6.45, 7) is -0.693. The van der Waals surface area contributed by atoms with Gasteiger partial charge in [-0.25, -0.2) is 4.79 Å². The Bertz CT molecular complexity index is 912. The minimum absolute atomic E-state index is 0.273. The van der Waals surface area contributed by atoms with Gasteiger partial charge in [-0.3, -0.25) is 4.79 Å². The molecule has 6 heteroatoms. The van der Waals surface area contributed by atoms with Crippen LogP contribution in [0.15, 0.2) is 84.9 Å². The molecule has 0 saturated heterocycles. The first-order valence-electron chi connectivity index (χ1n) is 8.66. The summed E-state index contributed by atoms with van der Waals surface area (Å²) >= 11 is 0. The molecule has 28 heavy (non-hydrogen) atoms. The largest absolute Gasteiger partial charge is 0.482 e. The first-order chi connectivity index (χ1) is 13.7. The number of hydrogen-bond acceptors (Lipinski definition) is 5. The van der Waals surface area contributed by atoms with E-state index in [4.69, 9.17) is 14.2 Å². The van der Waals surface area contributed by atoms with Crippen molar-refractivity contribution in [2.45, 2.75) is 0 Å². The summed E-state index contributed by atoms with van der Waals surface area (Å²) in [7, 11) is 0. The predicted molar refractivity (Wildman–Crippen MR) is 104 cm³/mol. The third-order valence-corrected chi connectivity index (χ3v) is 3.60. The number of amides is 1. The quantitative estimate of drug-likeness (QED) is 0.600. The summed E-state index contributed by atoms with van der Waals surface area (Å²) in [5.41, 5.74) is 0.480. The van der Waals surface area contributed by atoms with Crippen molar-refractivity contribution in [1.29, 1.82) is 0 Å². The number of anilines is 1. The molecule has 0 radical (unpaired) electrons. The Morgan fingerprint density at radius 2 is 1.32 bits per heavy atom. The van der Waals surface area contributed by atoms with Gasteiger partial charge >= 0.3 is 5.97 Å². The summed E-state index contributed by atoms with van der Waals surface area (Å²) in [6.07, 6.45) is 0. The standard InChI is InChI=1S/C22H19NO5/c24-21(15-27-22(25)16-26-17-9-3-1-4-10-17)23-19-13-7-8-14-20(19)28-18-11-5-2-6-12-18/h1-14H,15-16H2,(H,23,24). The van der Waals surface area contributed by atoms with Crippen molar-refractivity contribution in [1.82, 2.24) is 0 Å². The van der Waals surface area contributed by atoms with Gasteiger partial charge in [0, 0.05) is 0 Å². The molecule has 0 bridgehead atoms. The van der Waals surface area contributed by atoms with Crippen molar-refractivity contribution in [2.75, 3.05) is 18.5 Å². The number of para-hydroxylation sites is 4. The molecule has 0 aliphatic rings. The van der Waals surface area contributed by atoms with Crippen LogP contribution < -0.4 is 14.8 Å². The molecule has 142 valence electrons. The van der Waals surface area contributed by atoms with E-state index < -0.39 is 18.5 Å². The lowest BCUT2D eigenvalue weighted by Crippen LogP contribution is -2.23. The van der Waals surface area contributed by atoms with Crippen molar-refractivity contribution >= 4 is 17.6 Å². The van der Waals surface area contributed by atoms with Crippen molar-refractivity contribution in [3.05, 3.63) is 84.9 Å². The highest BCUT2D eigenvalue weighted by Gasteiger charge is 2.11. The van der Waals surface area contributed by atoms with Gasteiger partial charge in [-0.05, 0) is 36.4 Å². The molecule has 3 aromatic rings. The van der Waals surface area contributed by atoms with Crippen LogP contribution in [0.5, 0.6) is 17.2 Å². The van der Waals surface area contributed by atoms with Crippen LogP contribution in [0.4, 0.5) is 5.69 Å². The van der Waals surface area contributed by atoms with E-state index in [1.54, 1.807) is 48.5 Å². The van der Waals surface area contributed by atoms with Gasteiger partial charge in [-0.2, -0.15) is 0 Å². The molecule has 3 rings (SSSR count). The maximum absolute atomic E-state index is 12.1. The summed E-state index contributed by atoms with van der Waals surface area (Å²) in [4.78, 5) is 23.8. The number of hydrogen-bond donors (Lipinski definition) is 1. The van der Waals surface area contributed by atoms with Gasteiger partial charge in [-0.15, -0.1) is 0 Å². The molecule has 0 aromatic heterocycles. The third kappa shape index (κ3) is 5.88. The molecule has 0 saturated carbocycles. The molecule has 0 atom stereocenters. The van der Waals surface area contributed by atoms with E-state index in [0.717, 1.165) is 0 Å². The molecule has 3 aromatic carbocycles. The zero-order chi connectivity index (χ0) is 19.6. The second kappa shape index (κ2) is 9.78. The van der Waals surface area contributed by atoms with Crippen molar-refractivity contribution < 1.29 is 23.8 Å². The van der Waals surface area contributed by atoms with E-state index in [-0.39, 0.29) is 6.61 Å². The Hall–Kier alpha value is -3.80. The number of carbonyl (C=O) groups is 2. The molecule has 6 nitrogen and oxygen atoms in total. The first kappa shape index (κ1) is 19.0. The summed E-state index contributed by atoms with van der Waals surface area (Å²) in [5, 5.41) is 2.68. The topological polar surface area (TPSA) is 73.9 Å². The normalized spacial score (nSPS) is 10.0. The number of benzene rings is 3. The van der Waals surface area contributed by atoms with Gasteiger partial charge in [0.2, 0.25) is 0 Å². The Labute approximate surface area is 162 Å². The lowest BCUT2D eigenvalue weighted by molar-refractivity contribution is -0.149. The second-order valence-corrected chi connectivity index (χ2v) is 5.72. The number of rotatable bonds is 8. The fourth-order valence-electron chi connectivity index (χ4n) is 2.31. The number of ether oxygens (including phenoxy) is 3. The van der Waals surface area contributed by atoms with Crippen molar-refractivity contribution in [3.63, 3.8) is 0 Å². The van der Waals surface area contributed by atoms with E-state index in [9.17, 15) is 9.59 Å². The van der Waals surface area contributed by atoms with Crippen LogP contribution in [0.2, 0.25) is 0 Å². The summed E-state index contributed by atoms with van der Waals surface area (Å²) < 4.78 is 16.0. The SMILES string of the molecule is O=C(COC(=O)COc1ccccc1)Nc1ccccc1Oc1ccccc1. The molecular weight excluding hydrogens is 358 g/mol. The first-order valence-corrected chi connectivity index (χ1v) is 8.66. The van der Waals surface area contributed by atoms with Crippen LogP contribution in [-0.2, 0) is 14.3 Å². The van der Waals surface area contributed by atoms with E-state index >= 15 is 0 Å². The Balaban J connectivity index is 1.49. The maximum Gasteiger partial charge on any atom is 0.344 e. The molecule has 0 spiro atoms. The molecule has 0 heterocycles. The Kier molecular flexibility index (Phi) is 6.62. The predicted octanol–water partition coefficient (Wildman–Crippen LogP) is 4.04. The maximum atomic E-state index is 12.1. The van der Waals surface area contributed by atoms with E-state index in [2.05, 4.69) is 5.32 Å². The van der Waals surface area contributed by atoms with Crippen molar-refractivity contribution in [3.8, 4) is 17.2 Å². The van der Waals surface area contributed by atoms with E-state index in [0.29, 0.717) is 22.9 Å². The Morgan fingerprint density at radius 1 is 0.714 bits per heavy atom. The minimum atomic E-state index is -0.632. The molecular formula is C22H19NO5. The number of nitrogens with one attached hydrogen (secondary N) is 1. The average molecular weight is 377 g/mol. The highest BCUT2D eigenvalue weighted by Crippen LogP contribution is 2.28. The monoisotopic (exact) mass is 377 g/mol. The van der Waals surface area contributed by atoms with Crippen LogP contribution in [0.3, 0.4) is 0 Å². The van der Waals surface area contributed by atoms with Gasteiger partial charge in [0.05, 0.1) is 5.69 Å². The summed E-state index contributed by atoms with van der Waals surface area (Å²) in [6, 6.07) is 25.1. The molecule has 0 fully saturated rings. The minimum Gasteiger partial charge on any atom is -0.482 e. The average Bonchev–Trinajstić information content (AvgIpc) is 2.74. The van der Waals surface area contributed by atoms with Crippen LogP contribution >= 0.6 is 0 Å². The zero-order valence-electron chi connectivity index (χ0n) is 15.0. The van der Waals surface area contributed by atoms with Gasteiger partial charge in [0.1, 0.15) is 11.5 Å². The number of esters is 1. The summed E-state index contributed by atoms with van der Waals surface area (Å²) in [5.74, 6) is 0.579.